The highest BCUT2D eigenvalue weighted by molar-refractivity contribution is 6.11. The zero-order valence-corrected chi connectivity index (χ0v) is 30.5. The molecule has 1 unspecified atom stereocenters. The molecule has 0 radical (unpaired) electrons. The Morgan fingerprint density at radius 2 is 1.21 bits per heavy atom. The summed E-state index contributed by atoms with van der Waals surface area (Å²) in [5, 5.41) is 6.36. The van der Waals surface area contributed by atoms with E-state index >= 15 is 0 Å². The maximum atomic E-state index is 4.68. The van der Waals surface area contributed by atoms with Gasteiger partial charge in [-0.25, -0.2) is 9.97 Å². The molecule has 0 fully saturated rings. The summed E-state index contributed by atoms with van der Waals surface area (Å²) in [6.45, 7) is 0. The highest BCUT2D eigenvalue weighted by Crippen LogP contribution is 2.43. The minimum absolute atomic E-state index is 0.117. The number of nitrogens with zero attached hydrogens (tertiary/aromatic N) is 5. The number of aromatic nitrogens is 5. The molecule has 5 aromatic carbocycles. The molecule has 5 aromatic heterocycles. The summed E-state index contributed by atoms with van der Waals surface area (Å²) < 4.78 is 6.65. The molecule has 1 aliphatic rings. The van der Waals surface area contributed by atoms with Crippen LogP contribution in [0.5, 0.6) is 0 Å². The fourth-order valence-corrected chi connectivity index (χ4v) is 8.47. The summed E-state index contributed by atoms with van der Waals surface area (Å²) >= 11 is 0. The maximum absolute atomic E-state index is 4.68. The van der Waals surface area contributed by atoms with Gasteiger partial charge in [0.15, 0.2) is 0 Å². The number of hydrogen-bond donors (Lipinski definition) is 1. The third-order valence-corrected chi connectivity index (χ3v) is 11.1. The van der Waals surface area contributed by atoms with Crippen LogP contribution < -0.4 is 5.32 Å². The summed E-state index contributed by atoms with van der Waals surface area (Å²) in [6.07, 6.45) is 17.9. The van der Waals surface area contributed by atoms with Crippen molar-refractivity contribution < 1.29 is 0 Å². The third-order valence-electron chi connectivity index (χ3n) is 11.1. The van der Waals surface area contributed by atoms with Gasteiger partial charge in [0.2, 0.25) is 0 Å². The standard InChI is InChI=1S/C50H36N6/c1-2-12-34(13-3-1)43-14-4-7-17-46(43)53-41-26-35(24-36(27-41)39-30-49-51-20-10-22-54(49)32-39)37-25-38(40-31-50-52-21-11-23-55(50)33-40)29-42(28-37)56-47-18-8-5-15-44(47)45-16-6-9-19-48(45)56/h1-24,26-33,38,53H,25H2. The molecular weight excluding hydrogens is 685 g/mol. The van der Waals surface area contributed by atoms with Crippen LogP contribution in [0.3, 0.4) is 0 Å². The fraction of sp³-hybridized carbons (Fsp3) is 0.0400. The number of nitrogens with one attached hydrogen (secondary N) is 1. The van der Waals surface area contributed by atoms with Crippen LogP contribution in [0.25, 0.3) is 66.6 Å². The normalized spacial score (nSPS) is 14.4. The zero-order valence-electron chi connectivity index (χ0n) is 30.5. The minimum atomic E-state index is 0.117. The maximum Gasteiger partial charge on any atom is 0.137 e. The van der Waals surface area contributed by atoms with Gasteiger partial charge in [-0.3, -0.25) is 0 Å². The van der Waals surface area contributed by atoms with Gasteiger partial charge in [-0.1, -0.05) is 91.0 Å². The van der Waals surface area contributed by atoms with Crippen LogP contribution in [0.1, 0.15) is 23.5 Å². The van der Waals surface area contributed by atoms with Crippen LogP contribution in [0.15, 0.2) is 195 Å². The molecule has 10 aromatic rings. The Bertz CT molecular complexity index is 3040. The molecule has 1 atom stereocenters. The van der Waals surface area contributed by atoms with Crippen molar-refractivity contribution in [1.82, 2.24) is 23.3 Å². The molecule has 56 heavy (non-hydrogen) atoms. The molecule has 0 bridgehead atoms. The molecule has 5 heterocycles. The van der Waals surface area contributed by atoms with Gasteiger partial charge in [0.25, 0.3) is 0 Å². The van der Waals surface area contributed by atoms with E-state index in [4.69, 9.17) is 0 Å². The van der Waals surface area contributed by atoms with Gasteiger partial charge in [0, 0.05) is 82.1 Å². The second-order valence-electron chi connectivity index (χ2n) is 14.5. The first-order valence-electron chi connectivity index (χ1n) is 19.1. The number of hydrogen-bond acceptors (Lipinski definition) is 3. The molecule has 266 valence electrons. The Morgan fingerprint density at radius 1 is 0.554 bits per heavy atom. The van der Waals surface area contributed by atoms with Gasteiger partial charge in [0.1, 0.15) is 11.3 Å². The Balaban J connectivity index is 1.11. The van der Waals surface area contributed by atoms with E-state index in [0.29, 0.717) is 0 Å². The van der Waals surface area contributed by atoms with Crippen LogP contribution in [-0.2, 0) is 0 Å². The Kier molecular flexibility index (Phi) is 7.52. The summed E-state index contributed by atoms with van der Waals surface area (Å²) in [5.41, 5.74) is 15.7. The molecule has 1 N–H and O–H groups in total. The lowest BCUT2D eigenvalue weighted by molar-refractivity contribution is 0.862. The summed E-state index contributed by atoms with van der Waals surface area (Å²) in [7, 11) is 0. The predicted molar refractivity (Wildman–Crippen MR) is 230 cm³/mol. The van der Waals surface area contributed by atoms with Gasteiger partial charge in [-0.05, 0) is 101 Å². The van der Waals surface area contributed by atoms with E-state index in [2.05, 4.69) is 199 Å². The quantitative estimate of drug-likeness (QED) is 0.178. The fourth-order valence-electron chi connectivity index (χ4n) is 8.47. The van der Waals surface area contributed by atoms with E-state index in [-0.39, 0.29) is 5.92 Å². The van der Waals surface area contributed by atoms with Crippen molar-refractivity contribution in [3.8, 4) is 22.3 Å². The van der Waals surface area contributed by atoms with Crippen molar-refractivity contribution in [2.45, 2.75) is 12.3 Å². The Labute approximate surface area is 324 Å². The SMILES string of the molecule is C1=C(c2cc(Nc3ccccc3-c3ccccc3)cc(-c3cc4ncccn4c3)c2)CC(c2cc3ncccn3c2)C=C1n1c2ccccc2c2ccccc21. The average Bonchev–Trinajstić information content (AvgIpc) is 3.98. The second-order valence-corrected chi connectivity index (χ2v) is 14.5. The van der Waals surface area contributed by atoms with Crippen molar-refractivity contribution in [2.24, 2.45) is 0 Å². The van der Waals surface area contributed by atoms with Gasteiger partial charge < -0.3 is 18.7 Å². The van der Waals surface area contributed by atoms with Gasteiger partial charge in [-0.15, -0.1) is 0 Å². The summed E-state index contributed by atoms with van der Waals surface area (Å²) in [5.74, 6) is 0.117. The molecule has 6 heteroatoms. The van der Waals surface area contributed by atoms with Crippen molar-refractivity contribution >= 4 is 55.7 Å². The monoisotopic (exact) mass is 720 g/mol. The number of para-hydroxylation sites is 3. The lowest BCUT2D eigenvalue weighted by atomic mass is 9.84. The van der Waals surface area contributed by atoms with Gasteiger partial charge >= 0.3 is 0 Å². The lowest BCUT2D eigenvalue weighted by Gasteiger charge is -2.24. The topological polar surface area (TPSA) is 51.6 Å². The van der Waals surface area contributed by atoms with E-state index in [0.717, 1.165) is 51.5 Å². The van der Waals surface area contributed by atoms with Crippen molar-refractivity contribution in [3.05, 3.63) is 206 Å². The predicted octanol–water partition coefficient (Wildman–Crippen LogP) is 12.3. The first kappa shape index (κ1) is 32.0. The van der Waals surface area contributed by atoms with Crippen LogP contribution in [-0.4, -0.2) is 23.3 Å². The van der Waals surface area contributed by atoms with Crippen LogP contribution >= 0.6 is 0 Å². The number of allylic oxidation sites excluding steroid dienone is 4. The molecule has 6 nitrogen and oxygen atoms in total. The highest BCUT2D eigenvalue weighted by atomic mass is 15.0. The Morgan fingerprint density at radius 3 is 1.96 bits per heavy atom. The third kappa shape index (κ3) is 5.58. The van der Waals surface area contributed by atoms with E-state index in [1.165, 1.54) is 44.1 Å². The molecule has 0 saturated heterocycles. The Hall–Kier alpha value is -7.44. The van der Waals surface area contributed by atoms with Gasteiger partial charge in [-0.2, -0.15) is 0 Å². The number of anilines is 2. The molecule has 0 spiro atoms. The van der Waals surface area contributed by atoms with E-state index < -0.39 is 0 Å². The molecule has 0 saturated carbocycles. The van der Waals surface area contributed by atoms with Crippen LogP contribution in [0.4, 0.5) is 11.4 Å². The molecule has 0 amide bonds. The lowest BCUT2D eigenvalue weighted by Crippen LogP contribution is -2.07. The minimum Gasteiger partial charge on any atom is -0.355 e. The van der Waals surface area contributed by atoms with Crippen molar-refractivity contribution in [3.63, 3.8) is 0 Å². The van der Waals surface area contributed by atoms with Crippen LogP contribution in [0.2, 0.25) is 0 Å². The first-order chi connectivity index (χ1) is 27.7. The van der Waals surface area contributed by atoms with E-state index in [1.807, 2.05) is 24.5 Å². The van der Waals surface area contributed by atoms with Crippen molar-refractivity contribution in [1.29, 1.82) is 0 Å². The summed E-state index contributed by atoms with van der Waals surface area (Å²) in [4.78, 5) is 9.32. The molecule has 1 aliphatic carbocycles. The first-order valence-corrected chi connectivity index (χ1v) is 19.1. The molecule has 0 aliphatic heterocycles. The molecule has 11 rings (SSSR count). The van der Waals surface area contributed by atoms with E-state index in [9.17, 15) is 0 Å². The molecular formula is C50H36N6. The summed E-state index contributed by atoms with van der Waals surface area (Å²) in [6, 6.07) is 51.9. The van der Waals surface area contributed by atoms with E-state index in [1.54, 1.807) is 0 Å². The van der Waals surface area contributed by atoms with Crippen molar-refractivity contribution in [2.75, 3.05) is 5.32 Å². The number of fused-ring (bicyclic) bond motifs is 5. The second kappa shape index (κ2) is 13.1. The largest absolute Gasteiger partial charge is 0.355 e. The van der Waals surface area contributed by atoms with Gasteiger partial charge in [0.05, 0.1) is 11.0 Å². The van der Waals surface area contributed by atoms with Crippen LogP contribution in [0, 0.1) is 0 Å². The smallest absolute Gasteiger partial charge is 0.137 e. The average molecular weight is 721 g/mol. The number of rotatable bonds is 7. The zero-order chi connectivity index (χ0) is 37.0. The number of benzene rings is 5. The highest BCUT2D eigenvalue weighted by Gasteiger charge is 2.24.